The average Bonchev–Trinajstić information content (AvgIpc) is 2.27. The first-order valence-corrected chi connectivity index (χ1v) is 4.42. The third-order valence-corrected chi connectivity index (χ3v) is 1.90. The van der Waals surface area contributed by atoms with Crippen molar-refractivity contribution in [1.82, 2.24) is 0 Å². The highest BCUT2D eigenvalue weighted by molar-refractivity contribution is 5.94. The fraction of sp³-hybridized carbons (Fsp3) is 0.182. The van der Waals surface area contributed by atoms with Gasteiger partial charge < -0.3 is 10.5 Å². The van der Waals surface area contributed by atoms with Crippen LogP contribution in [0.3, 0.4) is 0 Å². The Morgan fingerprint density at radius 3 is 2.73 bits per heavy atom. The molecule has 0 radical (unpaired) electrons. The van der Waals surface area contributed by atoms with Gasteiger partial charge in [-0.2, -0.15) is 0 Å². The molecule has 0 aliphatic carbocycles. The summed E-state index contributed by atoms with van der Waals surface area (Å²) in [6, 6.07) is 6.14. The number of carbonyl (C=O) groups excluding carboxylic acids is 1. The Morgan fingerprint density at radius 1 is 1.53 bits per heavy atom. The van der Waals surface area contributed by atoms with Gasteiger partial charge in [0.2, 0.25) is 0 Å². The highest BCUT2D eigenvalue weighted by atomic mass is 19.1. The Kier molecular flexibility index (Phi) is 4.00. The van der Waals surface area contributed by atoms with Gasteiger partial charge in [-0.05, 0) is 12.1 Å². The van der Waals surface area contributed by atoms with Crippen LogP contribution in [0.25, 0.3) is 6.08 Å². The summed E-state index contributed by atoms with van der Waals surface area (Å²) < 4.78 is 17.7. The van der Waals surface area contributed by atoms with Crippen LogP contribution in [-0.2, 0) is 9.53 Å². The molecule has 0 aromatic heterocycles. The van der Waals surface area contributed by atoms with Crippen LogP contribution in [0.2, 0.25) is 0 Å². The van der Waals surface area contributed by atoms with Crippen LogP contribution < -0.4 is 5.73 Å². The molecule has 0 spiro atoms. The second-order valence-corrected chi connectivity index (χ2v) is 2.89. The topological polar surface area (TPSA) is 52.3 Å². The molecule has 0 saturated carbocycles. The zero-order valence-electron chi connectivity index (χ0n) is 8.37. The maximum Gasteiger partial charge on any atom is 0.335 e. The van der Waals surface area contributed by atoms with Crippen molar-refractivity contribution in [2.45, 2.75) is 0 Å². The van der Waals surface area contributed by atoms with Crippen molar-refractivity contribution in [1.29, 1.82) is 0 Å². The van der Waals surface area contributed by atoms with E-state index in [1.54, 1.807) is 18.2 Å². The van der Waals surface area contributed by atoms with Gasteiger partial charge in [-0.25, -0.2) is 9.18 Å². The SMILES string of the molecule is COC(=O)/C(=C/c1ccccc1F)CN. The van der Waals surface area contributed by atoms with Gasteiger partial charge >= 0.3 is 5.97 Å². The van der Waals surface area contributed by atoms with Crippen molar-refractivity contribution in [2.75, 3.05) is 13.7 Å². The Morgan fingerprint density at radius 2 is 2.20 bits per heavy atom. The Hall–Kier alpha value is -1.68. The van der Waals surface area contributed by atoms with Gasteiger partial charge in [-0.1, -0.05) is 18.2 Å². The number of hydrogen-bond donors (Lipinski definition) is 1. The van der Waals surface area contributed by atoms with E-state index in [1.165, 1.54) is 19.3 Å². The summed E-state index contributed by atoms with van der Waals surface area (Å²) in [5.41, 5.74) is 5.92. The number of methoxy groups -OCH3 is 1. The summed E-state index contributed by atoms with van der Waals surface area (Å²) in [6.45, 7) is 0.0149. The lowest BCUT2D eigenvalue weighted by atomic mass is 10.1. The van der Waals surface area contributed by atoms with Crippen molar-refractivity contribution < 1.29 is 13.9 Å². The molecule has 4 heteroatoms. The molecule has 1 aromatic rings. The van der Waals surface area contributed by atoms with Crippen LogP contribution in [0.5, 0.6) is 0 Å². The molecule has 0 aliphatic heterocycles. The molecule has 0 amide bonds. The van der Waals surface area contributed by atoms with E-state index in [-0.39, 0.29) is 12.1 Å². The number of halogens is 1. The Labute approximate surface area is 87.3 Å². The van der Waals surface area contributed by atoms with Crippen LogP contribution in [-0.4, -0.2) is 19.6 Å². The predicted molar refractivity (Wildman–Crippen MR) is 55.4 cm³/mol. The van der Waals surface area contributed by atoms with E-state index in [1.807, 2.05) is 0 Å². The number of rotatable bonds is 3. The van der Waals surface area contributed by atoms with Crippen molar-refractivity contribution in [3.8, 4) is 0 Å². The molecule has 1 rings (SSSR count). The molecule has 0 saturated heterocycles. The van der Waals surface area contributed by atoms with Crippen LogP contribution >= 0.6 is 0 Å². The van der Waals surface area contributed by atoms with E-state index in [0.717, 1.165) is 0 Å². The zero-order chi connectivity index (χ0) is 11.3. The third kappa shape index (κ3) is 2.89. The van der Waals surface area contributed by atoms with Crippen LogP contribution in [0.15, 0.2) is 29.8 Å². The molecule has 0 heterocycles. The molecule has 2 N–H and O–H groups in total. The first-order valence-electron chi connectivity index (χ1n) is 4.42. The highest BCUT2D eigenvalue weighted by Crippen LogP contribution is 2.11. The van der Waals surface area contributed by atoms with Gasteiger partial charge in [-0.3, -0.25) is 0 Å². The predicted octanol–water partition coefficient (Wildman–Crippen LogP) is 1.34. The number of ether oxygens (including phenoxy) is 1. The minimum atomic E-state index is -0.541. The van der Waals surface area contributed by atoms with Gasteiger partial charge in [0.05, 0.1) is 12.7 Å². The molecular formula is C11H12FNO2. The maximum absolute atomic E-state index is 13.2. The van der Waals surface area contributed by atoms with E-state index in [4.69, 9.17) is 5.73 Å². The Balaban J connectivity index is 3.03. The Bertz CT molecular complexity index is 388. The van der Waals surface area contributed by atoms with E-state index in [0.29, 0.717) is 5.56 Å². The van der Waals surface area contributed by atoms with Crippen molar-refractivity contribution >= 4 is 12.0 Å². The van der Waals surface area contributed by atoms with Crippen LogP contribution in [0.1, 0.15) is 5.56 Å². The standard InChI is InChI=1S/C11H12FNO2/c1-15-11(14)9(7-13)6-8-4-2-3-5-10(8)12/h2-6H,7,13H2,1H3/b9-6+. The van der Waals surface area contributed by atoms with Gasteiger partial charge in [0, 0.05) is 12.1 Å². The zero-order valence-corrected chi connectivity index (χ0v) is 8.37. The van der Waals surface area contributed by atoms with Gasteiger partial charge in [0.1, 0.15) is 5.82 Å². The molecular weight excluding hydrogens is 197 g/mol. The lowest BCUT2D eigenvalue weighted by Crippen LogP contribution is -2.14. The molecule has 15 heavy (non-hydrogen) atoms. The maximum atomic E-state index is 13.2. The number of carbonyl (C=O) groups is 1. The monoisotopic (exact) mass is 209 g/mol. The van der Waals surface area contributed by atoms with Gasteiger partial charge in [-0.15, -0.1) is 0 Å². The summed E-state index contributed by atoms with van der Waals surface area (Å²) in [5, 5.41) is 0. The van der Waals surface area contributed by atoms with Crippen molar-refractivity contribution in [2.24, 2.45) is 5.73 Å². The normalized spacial score (nSPS) is 11.3. The average molecular weight is 209 g/mol. The van der Waals surface area contributed by atoms with Crippen LogP contribution in [0.4, 0.5) is 4.39 Å². The molecule has 0 unspecified atom stereocenters. The minimum absolute atomic E-state index is 0.0149. The summed E-state index contributed by atoms with van der Waals surface area (Å²) in [4.78, 5) is 11.2. The third-order valence-electron chi connectivity index (χ3n) is 1.90. The van der Waals surface area contributed by atoms with E-state index < -0.39 is 11.8 Å². The summed E-state index contributed by atoms with van der Waals surface area (Å²) in [6.07, 6.45) is 1.39. The molecule has 0 bridgehead atoms. The van der Waals surface area contributed by atoms with E-state index >= 15 is 0 Å². The molecule has 3 nitrogen and oxygen atoms in total. The second kappa shape index (κ2) is 5.26. The number of benzene rings is 1. The number of hydrogen-bond acceptors (Lipinski definition) is 3. The summed E-state index contributed by atoms with van der Waals surface area (Å²) >= 11 is 0. The summed E-state index contributed by atoms with van der Waals surface area (Å²) in [5.74, 6) is -0.937. The lowest BCUT2D eigenvalue weighted by molar-refractivity contribution is -0.136. The minimum Gasteiger partial charge on any atom is -0.466 e. The van der Waals surface area contributed by atoms with Crippen molar-refractivity contribution in [3.05, 3.63) is 41.2 Å². The molecule has 0 atom stereocenters. The van der Waals surface area contributed by atoms with Gasteiger partial charge in [0.15, 0.2) is 0 Å². The van der Waals surface area contributed by atoms with E-state index in [9.17, 15) is 9.18 Å². The number of nitrogens with two attached hydrogens (primary N) is 1. The summed E-state index contributed by atoms with van der Waals surface area (Å²) in [7, 11) is 1.26. The fourth-order valence-electron chi connectivity index (χ4n) is 1.11. The fourth-order valence-corrected chi connectivity index (χ4v) is 1.11. The molecule has 0 fully saturated rings. The first-order chi connectivity index (χ1) is 7.19. The molecule has 1 aromatic carbocycles. The van der Waals surface area contributed by atoms with Gasteiger partial charge in [0.25, 0.3) is 0 Å². The quantitative estimate of drug-likeness (QED) is 0.603. The largest absolute Gasteiger partial charge is 0.466 e. The molecule has 0 aliphatic rings. The first kappa shape index (κ1) is 11.4. The van der Waals surface area contributed by atoms with E-state index in [2.05, 4.69) is 4.74 Å². The smallest absolute Gasteiger partial charge is 0.335 e. The van der Waals surface area contributed by atoms with Crippen LogP contribution in [0, 0.1) is 5.82 Å². The molecule has 80 valence electrons. The van der Waals surface area contributed by atoms with Crippen molar-refractivity contribution in [3.63, 3.8) is 0 Å². The lowest BCUT2D eigenvalue weighted by Gasteiger charge is -2.02. The highest BCUT2D eigenvalue weighted by Gasteiger charge is 2.08. The number of esters is 1. The second-order valence-electron chi connectivity index (χ2n) is 2.89.